The van der Waals surface area contributed by atoms with Crippen molar-refractivity contribution in [3.8, 4) is 0 Å². The molecule has 2 aromatic rings. The van der Waals surface area contributed by atoms with E-state index < -0.39 is 27.6 Å². The Morgan fingerprint density at radius 2 is 1.96 bits per heavy atom. The zero-order chi connectivity index (χ0) is 19.9. The summed E-state index contributed by atoms with van der Waals surface area (Å²) in [6.07, 6.45) is 2.22. The number of rotatable bonds is 4. The van der Waals surface area contributed by atoms with E-state index in [1.165, 1.54) is 18.0 Å². The van der Waals surface area contributed by atoms with Crippen molar-refractivity contribution in [2.75, 3.05) is 11.9 Å². The number of fused-ring (bicyclic) bond motifs is 1. The number of thiophene rings is 1. The second kappa shape index (κ2) is 7.08. The Balaban J connectivity index is 1.83. The van der Waals surface area contributed by atoms with Gasteiger partial charge in [0.25, 0.3) is 27.6 Å². The minimum atomic E-state index is -4.14. The third-order valence-electron chi connectivity index (χ3n) is 3.70. The van der Waals surface area contributed by atoms with Gasteiger partial charge in [-0.2, -0.15) is 0 Å². The van der Waals surface area contributed by atoms with Gasteiger partial charge >= 0.3 is 0 Å². The molecule has 140 valence electrons. The van der Waals surface area contributed by atoms with E-state index in [1.54, 1.807) is 18.2 Å². The molecule has 0 fully saturated rings. The first-order valence-electron chi connectivity index (χ1n) is 7.27. The third kappa shape index (κ3) is 3.63. The fourth-order valence-electron chi connectivity index (χ4n) is 2.43. The highest BCUT2D eigenvalue weighted by atomic mass is 35.5. The molecular formula is C16H10Cl2N2O5S2. The fourth-order valence-corrected chi connectivity index (χ4v) is 5.26. The predicted molar refractivity (Wildman–Crippen MR) is 103 cm³/mol. The molecule has 1 aliphatic heterocycles. The molecule has 0 atom stereocenters. The zero-order valence-electron chi connectivity index (χ0n) is 13.5. The van der Waals surface area contributed by atoms with Gasteiger partial charge in [-0.3, -0.25) is 14.4 Å². The Morgan fingerprint density at radius 1 is 1.26 bits per heavy atom. The summed E-state index contributed by atoms with van der Waals surface area (Å²) in [4.78, 5) is 37.1. The highest BCUT2D eigenvalue weighted by molar-refractivity contribution is 7.92. The number of halogens is 2. The molecule has 0 saturated carbocycles. The van der Waals surface area contributed by atoms with Crippen molar-refractivity contribution in [1.82, 2.24) is 4.72 Å². The summed E-state index contributed by atoms with van der Waals surface area (Å²) in [5.41, 5.74) is 0.904. The van der Waals surface area contributed by atoms with E-state index in [0.29, 0.717) is 22.6 Å². The minimum absolute atomic E-state index is 0.0668. The van der Waals surface area contributed by atoms with Crippen LogP contribution in [0.15, 0.2) is 34.6 Å². The summed E-state index contributed by atoms with van der Waals surface area (Å²) in [6, 6.07) is 5.90. The Kier molecular flexibility index (Phi) is 5.13. The number of sulfonamides is 1. The Bertz CT molecular complexity index is 1100. The fraction of sp³-hybridized carbons (Fsp3) is 0.0625. The van der Waals surface area contributed by atoms with Crippen molar-refractivity contribution >= 4 is 73.9 Å². The smallest absolute Gasteiger partial charge is 0.299 e. The summed E-state index contributed by atoms with van der Waals surface area (Å²) in [7, 11) is -2.67. The van der Waals surface area contributed by atoms with Gasteiger partial charge in [0.05, 0.1) is 16.3 Å². The van der Waals surface area contributed by atoms with Crippen LogP contribution in [0.4, 0.5) is 5.69 Å². The molecule has 1 aromatic heterocycles. The maximum absolute atomic E-state index is 12.2. The molecule has 27 heavy (non-hydrogen) atoms. The van der Waals surface area contributed by atoms with Gasteiger partial charge in [0.2, 0.25) is 0 Å². The summed E-state index contributed by atoms with van der Waals surface area (Å²) in [5, 5.41) is 0.0668. The lowest BCUT2D eigenvalue weighted by molar-refractivity contribution is -0.115. The van der Waals surface area contributed by atoms with E-state index in [-0.39, 0.29) is 19.1 Å². The highest BCUT2D eigenvalue weighted by Crippen LogP contribution is 2.34. The summed E-state index contributed by atoms with van der Waals surface area (Å²) < 4.78 is 26.1. The number of carbonyl (C=O) groups excluding carboxylic acids is 3. The second-order valence-corrected chi connectivity index (χ2v) is 9.40. The number of nitrogens with one attached hydrogen (secondary N) is 1. The number of carbonyl (C=O) groups is 3. The van der Waals surface area contributed by atoms with Crippen molar-refractivity contribution in [3.05, 3.63) is 50.8 Å². The molecule has 0 aliphatic carbocycles. The Labute approximate surface area is 168 Å². The van der Waals surface area contributed by atoms with E-state index in [2.05, 4.69) is 0 Å². The number of benzene rings is 1. The lowest BCUT2D eigenvalue weighted by atomic mass is 10.0. The molecule has 1 aliphatic rings. The number of hydrogen-bond acceptors (Lipinski definition) is 6. The molecule has 0 unspecified atom stereocenters. The SMILES string of the molecule is CN1C(=O)C(=O)c2c(C=CC(=O)NS(=O)(=O)c3cc(Cl)c(Cl)s3)cccc21. The summed E-state index contributed by atoms with van der Waals surface area (Å²) in [5.74, 6) is -2.30. The van der Waals surface area contributed by atoms with Gasteiger partial charge in [-0.15, -0.1) is 11.3 Å². The van der Waals surface area contributed by atoms with E-state index in [1.807, 2.05) is 4.72 Å². The van der Waals surface area contributed by atoms with Crippen LogP contribution in [0.5, 0.6) is 0 Å². The van der Waals surface area contributed by atoms with Gasteiger partial charge in [-0.25, -0.2) is 13.1 Å². The maximum atomic E-state index is 12.2. The third-order valence-corrected chi connectivity index (χ3v) is 7.38. The normalized spacial score (nSPS) is 14.1. The average Bonchev–Trinajstić information content (AvgIpc) is 3.06. The second-order valence-electron chi connectivity index (χ2n) is 5.42. The molecule has 2 amide bonds. The van der Waals surface area contributed by atoms with Gasteiger partial charge in [0.15, 0.2) is 0 Å². The monoisotopic (exact) mass is 444 g/mol. The molecule has 2 heterocycles. The minimum Gasteiger partial charge on any atom is -0.308 e. The number of anilines is 1. The maximum Gasteiger partial charge on any atom is 0.299 e. The molecular weight excluding hydrogens is 435 g/mol. The number of hydrogen-bond donors (Lipinski definition) is 1. The molecule has 11 heteroatoms. The first-order valence-corrected chi connectivity index (χ1v) is 10.3. The quantitative estimate of drug-likeness (QED) is 0.576. The predicted octanol–water partition coefficient (Wildman–Crippen LogP) is 2.73. The van der Waals surface area contributed by atoms with Crippen molar-refractivity contribution < 1.29 is 22.8 Å². The van der Waals surface area contributed by atoms with Crippen LogP contribution in [-0.2, 0) is 19.6 Å². The molecule has 1 N–H and O–H groups in total. The van der Waals surface area contributed by atoms with Crippen molar-refractivity contribution in [3.63, 3.8) is 0 Å². The van der Waals surface area contributed by atoms with Crippen LogP contribution >= 0.6 is 34.5 Å². The largest absolute Gasteiger partial charge is 0.308 e. The van der Waals surface area contributed by atoms with Gasteiger partial charge in [-0.05, 0) is 23.8 Å². The lowest BCUT2D eigenvalue weighted by Gasteiger charge is -2.08. The van der Waals surface area contributed by atoms with Crippen LogP contribution in [0, 0.1) is 0 Å². The number of nitrogens with zero attached hydrogens (tertiary/aromatic N) is 1. The van der Waals surface area contributed by atoms with E-state index in [4.69, 9.17) is 23.2 Å². The number of likely N-dealkylation sites (N-methyl/N-ethyl adjacent to an activating group) is 1. The van der Waals surface area contributed by atoms with Crippen LogP contribution in [-0.4, -0.2) is 33.1 Å². The summed E-state index contributed by atoms with van der Waals surface area (Å²) in [6.45, 7) is 0. The lowest BCUT2D eigenvalue weighted by Crippen LogP contribution is -2.28. The van der Waals surface area contributed by atoms with Crippen molar-refractivity contribution in [2.45, 2.75) is 4.21 Å². The van der Waals surface area contributed by atoms with Crippen molar-refractivity contribution in [1.29, 1.82) is 0 Å². The zero-order valence-corrected chi connectivity index (χ0v) is 16.7. The van der Waals surface area contributed by atoms with Crippen LogP contribution in [0.2, 0.25) is 9.36 Å². The first-order chi connectivity index (χ1) is 12.6. The number of ketones is 1. The van der Waals surface area contributed by atoms with Gasteiger partial charge < -0.3 is 4.90 Å². The van der Waals surface area contributed by atoms with E-state index in [0.717, 1.165) is 12.1 Å². The summed E-state index contributed by atoms with van der Waals surface area (Å²) >= 11 is 12.2. The van der Waals surface area contributed by atoms with E-state index in [9.17, 15) is 22.8 Å². The number of Topliss-reactive ketones (excluding diaryl/α,β-unsaturated/α-hetero) is 1. The number of amides is 2. The Morgan fingerprint density at radius 3 is 2.59 bits per heavy atom. The van der Waals surface area contributed by atoms with Crippen LogP contribution in [0.1, 0.15) is 15.9 Å². The molecule has 0 bridgehead atoms. The van der Waals surface area contributed by atoms with Crippen LogP contribution in [0.25, 0.3) is 6.08 Å². The van der Waals surface area contributed by atoms with Gasteiger partial charge in [0, 0.05) is 13.1 Å². The molecule has 3 rings (SSSR count). The first kappa shape index (κ1) is 19.6. The topological polar surface area (TPSA) is 101 Å². The van der Waals surface area contributed by atoms with Gasteiger partial charge in [-0.1, -0.05) is 35.3 Å². The van der Waals surface area contributed by atoms with Gasteiger partial charge in [0.1, 0.15) is 8.55 Å². The van der Waals surface area contributed by atoms with Crippen LogP contribution < -0.4 is 9.62 Å². The Hall–Kier alpha value is -2.20. The van der Waals surface area contributed by atoms with Crippen molar-refractivity contribution in [2.24, 2.45) is 0 Å². The van der Waals surface area contributed by atoms with Crippen LogP contribution in [0.3, 0.4) is 0 Å². The molecule has 0 radical (unpaired) electrons. The molecule has 0 saturated heterocycles. The molecule has 1 aromatic carbocycles. The standard InChI is InChI=1S/C16H10Cl2N2O5S2/c1-20-10-4-2-3-8(13(10)14(22)16(20)23)5-6-11(21)19-27(24,25)12-7-9(17)15(18)26-12/h2-7H,1H3,(H,19,21). The highest BCUT2D eigenvalue weighted by Gasteiger charge is 2.34. The van der Waals surface area contributed by atoms with E-state index >= 15 is 0 Å². The molecule has 7 nitrogen and oxygen atoms in total. The average molecular weight is 445 g/mol. The molecule has 0 spiro atoms.